The predicted molar refractivity (Wildman–Crippen MR) is 79.7 cm³/mol. The van der Waals surface area contributed by atoms with Crippen LogP contribution in [0.4, 0.5) is 5.69 Å². The molecule has 0 aliphatic rings. The van der Waals surface area contributed by atoms with Crippen LogP contribution in [0.15, 0.2) is 22.7 Å². The second-order valence-electron chi connectivity index (χ2n) is 4.12. The van der Waals surface area contributed by atoms with Crippen molar-refractivity contribution in [2.24, 2.45) is 0 Å². The lowest BCUT2D eigenvalue weighted by Crippen LogP contribution is -2.24. The number of anilines is 1. The van der Waals surface area contributed by atoms with Gasteiger partial charge >= 0.3 is 0 Å². The van der Waals surface area contributed by atoms with Gasteiger partial charge in [-0.1, -0.05) is 28.9 Å². The molecule has 3 heteroatoms. The van der Waals surface area contributed by atoms with E-state index in [2.05, 4.69) is 65.1 Å². The van der Waals surface area contributed by atoms with E-state index >= 15 is 0 Å². The molecule has 0 saturated heterocycles. The fraction of sp³-hybridized carbons (Fsp3) is 0.571. The van der Waals surface area contributed by atoms with E-state index in [9.17, 15) is 0 Å². The molecular weight excluding hydrogens is 276 g/mol. The molecule has 2 nitrogen and oxygen atoms in total. The molecule has 0 unspecified atom stereocenters. The summed E-state index contributed by atoms with van der Waals surface area (Å²) in [5.74, 6) is 0. The summed E-state index contributed by atoms with van der Waals surface area (Å²) < 4.78 is 1.15. The van der Waals surface area contributed by atoms with E-state index in [1.165, 1.54) is 17.7 Å². The number of hydrogen-bond acceptors (Lipinski definition) is 2. The quantitative estimate of drug-likeness (QED) is 0.771. The third-order valence-electron chi connectivity index (χ3n) is 2.89. The Kier molecular flexibility index (Phi) is 6.60. The fourth-order valence-electron chi connectivity index (χ4n) is 1.94. The van der Waals surface area contributed by atoms with Crippen LogP contribution in [0.3, 0.4) is 0 Å². The van der Waals surface area contributed by atoms with E-state index in [-0.39, 0.29) is 0 Å². The first kappa shape index (κ1) is 14.5. The number of nitrogens with zero attached hydrogens (tertiary/aromatic N) is 1. The van der Waals surface area contributed by atoms with Crippen LogP contribution in [0.25, 0.3) is 0 Å². The van der Waals surface area contributed by atoms with E-state index in [1.54, 1.807) is 0 Å². The van der Waals surface area contributed by atoms with Gasteiger partial charge in [-0.15, -0.1) is 0 Å². The smallest absolute Gasteiger partial charge is 0.0422 e. The second kappa shape index (κ2) is 7.72. The number of rotatable bonds is 7. The Morgan fingerprint density at radius 3 is 2.47 bits per heavy atom. The zero-order valence-electron chi connectivity index (χ0n) is 11.1. The Bertz CT molecular complexity index is 335. The highest BCUT2D eigenvalue weighted by molar-refractivity contribution is 9.10. The fourth-order valence-corrected chi connectivity index (χ4v) is 2.29. The summed E-state index contributed by atoms with van der Waals surface area (Å²) in [6.07, 6.45) is 1.18. The lowest BCUT2D eigenvalue weighted by atomic mass is 10.1. The molecule has 0 spiro atoms. The summed E-state index contributed by atoms with van der Waals surface area (Å²) >= 11 is 3.56. The van der Waals surface area contributed by atoms with Crippen LogP contribution < -0.4 is 10.2 Å². The second-order valence-corrected chi connectivity index (χ2v) is 5.04. The molecule has 0 aliphatic carbocycles. The molecule has 96 valence electrons. The van der Waals surface area contributed by atoms with E-state index < -0.39 is 0 Å². The summed E-state index contributed by atoms with van der Waals surface area (Å²) in [5, 5.41) is 3.47. The molecule has 17 heavy (non-hydrogen) atoms. The number of benzene rings is 1. The lowest BCUT2D eigenvalue weighted by Gasteiger charge is -2.24. The highest BCUT2D eigenvalue weighted by Gasteiger charge is 2.08. The zero-order valence-corrected chi connectivity index (χ0v) is 12.7. The molecule has 0 heterocycles. The number of nitrogens with one attached hydrogen (secondary N) is 1. The van der Waals surface area contributed by atoms with Crippen LogP contribution in [0.5, 0.6) is 0 Å². The van der Waals surface area contributed by atoms with Crippen molar-refractivity contribution in [3.8, 4) is 0 Å². The largest absolute Gasteiger partial charge is 0.372 e. The van der Waals surface area contributed by atoms with Crippen LogP contribution in [0.1, 0.15) is 32.8 Å². The van der Waals surface area contributed by atoms with Gasteiger partial charge < -0.3 is 10.2 Å². The van der Waals surface area contributed by atoms with Crippen molar-refractivity contribution < 1.29 is 0 Å². The Morgan fingerprint density at radius 1 is 1.18 bits per heavy atom. The molecule has 1 aromatic carbocycles. The molecule has 0 saturated carbocycles. The maximum Gasteiger partial charge on any atom is 0.0422 e. The van der Waals surface area contributed by atoms with Crippen molar-refractivity contribution in [2.75, 3.05) is 24.5 Å². The summed E-state index contributed by atoms with van der Waals surface area (Å²) in [5.41, 5.74) is 2.72. The summed E-state index contributed by atoms with van der Waals surface area (Å²) in [7, 11) is 0. The molecule has 1 aromatic rings. The van der Waals surface area contributed by atoms with Gasteiger partial charge in [0.1, 0.15) is 0 Å². The molecule has 0 bridgehead atoms. The first-order chi connectivity index (χ1) is 8.22. The SMILES string of the molecule is CCCNCc1ccc(Br)cc1N(CC)CC. The molecule has 1 rings (SSSR count). The van der Waals surface area contributed by atoms with E-state index in [0.717, 1.165) is 30.7 Å². The Morgan fingerprint density at radius 2 is 1.88 bits per heavy atom. The maximum atomic E-state index is 3.56. The monoisotopic (exact) mass is 298 g/mol. The third-order valence-corrected chi connectivity index (χ3v) is 3.39. The minimum absolute atomic E-state index is 0.951. The van der Waals surface area contributed by atoms with Gasteiger partial charge in [-0.3, -0.25) is 0 Å². The van der Waals surface area contributed by atoms with Gasteiger partial charge in [0.15, 0.2) is 0 Å². The first-order valence-electron chi connectivity index (χ1n) is 6.47. The number of hydrogen-bond donors (Lipinski definition) is 1. The average molecular weight is 299 g/mol. The normalized spacial score (nSPS) is 10.6. The Balaban J connectivity index is 2.86. The van der Waals surface area contributed by atoms with Gasteiger partial charge in [0.05, 0.1) is 0 Å². The third kappa shape index (κ3) is 4.32. The molecule has 0 fully saturated rings. The summed E-state index contributed by atoms with van der Waals surface area (Å²) in [4.78, 5) is 2.40. The van der Waals surface area contributed by atoms with Gasteiger partial charge in [0.2, 0.25) is 0 Å². The Labute approximate surface area is 114 Å². The standard InChI is InChI=1S/C14H23BrN2/c1-4-9-16-11-12-7-8-13(15)10-14(12)17(5-2)6-3/h7-8,10,16H,4-6,9,11H2,1-3H3. The van der Waals surface area contributed by atoms with Crippen LogP contribution >= 0.6 is 15.9 Å². The molecule has 0 atom stereocenters. The van der Waals surface area contributed by atoms with Gasteiger partial charge in [-0.2, -0.15) is 0 Å². The Hall–Kier alpha value is -0.540. The summed E-state index contributed by atoms with van der Waals surface area (Å²) in [6, 6.07) is 6.55. The highest BCUT2D eigenvalue weighted by atomic mass is 79.9. The minimum Gasteiger partial charge on any atom is -0.372 e. The van der Waals surface area contributed by atoms with Crippen molar-refractivity contribution in [2.45, 2.75) is 33.7 Å². The van der Waals surface area contributed by atoms with E-state index in [0.29, 0.717) is 0 Å². The van der Waals surface area contributed by atoms with E-state index in [4.69, 9.17) is 0 Å². The van der Waals surface area contributed by atoms with Gasteiger partial charge in [-0.05, 0) is 44.5 Å². The van der Waals surface area contributed by atoms with E-state index in [1.807, 2.05) is 0 Å². The van der Waals surface area contributed by atoms with Crippen LogP contribution in [-0.4, -0.2) is 19.6 Å². The van der Waals surface area contributed by atoms with Gasteiger partial charge in [0.25, 0.3) is 0 Å². The van der Waals surface area contributed by atoms with Crippen molar-refractivity contribution in [3.63, 3.8) is 0 Å². The molecule has 1 N–H and O–H groups in total. The topological polar surface area (TPSA) is 15.3 Å². The molecular formula is C14H23BrN2. The maximum absolute atomic E-state index is 3.56. The molecule has 0 radical (unpaired) electrons. The summed E-state index contributed by atoms with van der Waals surface area (Å²) in [6.45, 7) is 10.7. The van der Waals surface area contributed by atoms with Crippen molar-refractivity contribution in [1.82, 2.24) is 5.32 Å². The van der Waals surface area contributed by atoms with Gasteiger partial charge in [0, 0.05) is 29.8 Å². The minimum atomic E-state index is 0.951. The molecule has 0 aromatic heterocycles. The van der Waals surface area contributed by atoms with Gasteiger partial charge in [-0.25, -0.2) is 0 Å². The number of halogens is 1. The van der Waals surface area contributed by atoms with Crippen molar-refractivity contribution >= 4 is 21.6 Å². The lowest BCUT2D eigenvalue weighted by molar-refractivity contribution is 0.673. The molecule has 0 amide bonds. The highest BCUT2D eigenvalue weighted by Crippen LogP contribution is 2.25. The van der Waals surface area contributed by atoms with Crippen LogP contribution in [0.2, 0.25) is 0 Å². The predicted octanol–water partition coefficient (Wildman–Crippen LogP) is 3.79. The van der Waals surface area contributed by atoms with Crippen LogP contribution in [-0.2, 0) is 6.54 Å². The van der Waals surface area contributed by atoms with Crippen molar-refractivity contribution in [3.05, 3.63) is 28.2 Å². The zero-order chi connectivity index (χ0) is 12.7. The van der Waals surface area contributed by atoms with Crippen LogP contribution in [0, 0.1) is 0 Å². The average Bonchev–Trinajstić information content (AvgIpc) is 2.33. The van der Waals surface area contributed by atoms with Crippen molar-refractivity contribution in [1.29, 1.82) is 0 Å². The first-order valence-corrected chi connectivity index (χ1v) is 7.26. The molecule has 0 aliphatic heterocycles.